The summed E-state index contributed by atoms with van der Waals surface area (Å²) >= 11 is 0. The molecule has 2 aliphatic rings. The van der Waals surface area contributed by atoms with Gasteiger partial charge in [0.15, 0.2) is 11.7 Å². The lowest BCUT2D eigenvalue weighted by atomic mass is 9.38. The molecule has 0 fully saturated rings. The van der Waals surface area contributed by atoms with E-state index in [1.807, 2.05) is 0 Å². The Kier molecular flexibility index (Phi) is 6.87. The highest BCUT2D eigenvalue weighted by Crippen LogP contribution is 2.68. The summed E-state index contributed by atoms with van der Waals surface area (Å²) in [6.45, 7) is 30.1. The third-order valence-corrected chi connectivity index (χ3v) is 13.2. The van der Waals surface area contributed by atoms with Crippen molar-refractivity contribution < 1.29 is 4.57 Å². The molecule has 2 aromatic rings. The van der Waals surface area contributed by atoms with Crippen molar-refractivity contribution in [2.24, 2.45) is 10.8 Å². The average molecular weight is 503 g/mol. The SMILES string of the molecule is CCCCCC1(C)C(C)(C)c2cc3c(cc2C(C)(C)C1(C)C)C(C)(CC)C(CC)(CC)[n+]1ccccc1-3. The highest BCUT2D eigenvalue weighted by atomic mass is 15.1. The number of aromatic nitrogens is 1. The summed E-state index contributed by atoms with van der Waals surface area (Å²) in [5, 5.41) is 0. The average Bonchev–Trinajstić information content (AvgIpc) is 2.87. The molecule has 0 saturated carbocycles. The van der Waals surface area contributed by atoms with Crippen LogP contribution in [0, 0.1) is 10.8 Å². The van der Waals surface area contributed by atoms with E-state index in [1.54, 1.807) is 16.7 Å². The Balaban J connectivity index is 2.10. The van der Waals surface area contributed by atoms with Crippen molar-refractivity contribution in [2.45, 2.75) is 150 Å². The van der Waals surface area contributed by atoms with Crippen LogP contribution in [0.25, 0.3) is 11.3 Å². The molecule has 0 saturated heterocycles. The molecule has 2 heterocycles. The van der Waals surface area contributed by atoms with Crippen molar-refractivity contribution in [3.63, 3.8) is 0 Å². The maximum atomic E-state index is 2.71. The molecule has 1 aromatic carbocycles. The molecule has 0 radical (unpaired) electrons. The van der Waals surface area contributed by atoms with Gasteiger partial charge in [-0.25, -0.2) is 0 Å². The number of hydrogen-bond acceptors (Lipinski definition) is 0. The lowest BCUT2D eigenvalue weighted by molar-refractivity contribution is -0.769. The molecule has 1 aliphatic heterocycles. The van der Waals surface area contributed by atoms with E-state index >= 15 is 0 Å². The molecule has 204 valence electrons. The Morgan fingerprint density at radius 2 is 1.30 bits per heavy atom. The van der Waals surface area contributed by atoms with Gasteiger partial charge in [-0.3, -0.25) is 0 Å². The van der Waals surface area contributed by atoms with Gasteiger partial charge in [0, 0.05) is 25.0 Å². The topological polar surface area (TPSA) is 3.88 Å². The molecule has 1 heteroatoms. The number of rotatable bonds is 7. The molecule has 0 N–H and O–H groups in total. The molecular weight excluding hydrogens is 446 g/mol. The van der Waals surface area contributed by atoms with E-state index in [1.165, 1.54) is 36.9 Å². The highest BCUT2D eigenvalue weighted by molar-refractivity contribution is 5.70. The van der Waals surface area contributed by atoms with Crippen molar-refractivity contribution in [1.29, 1.82) is 0 Å². The van der Waals surface area contributed by atoms with Crippen LogP contribution in [0.5, 0.6) is 0 Å². The lowest BCUT2D eigenvalue weighted by Crippen LogP contribution is -2.69. The van der Waals surface area contributed by atoms with Gasteiger partial charge < -0.3 is 0 Å². The van der Waals surface area contributed by atoms with Crippen LogP contribution in [-0.4, -0.2) is 0 Å². The highest BCUT2D eigenvalue weighted by Gasteiger charge is 2.64. The first kappa shape index (κ1) is 28.4. The molecule has 1 nitrogen and oxygen atoms in total. The van der Waals surface area contributed by atoms with Gasteiger partial charge in [0.2, 0.25) is 5.69 Å². The fourth-order valence-corrected chi connectivity index (χ4v) is 9.20. The van der Waals surface area contributed by atoms with Gasteiger partial charge in [0.1, 0.15) is 0 Å². The zero-order valence-electron chi connectivity index (χ0n) is 26.4. The van der Waals surface area contributed by atoms with E-state index in [2.05, 4.69) is 124 Å². The van der Waals surface area contributed by atoms with Crippen molar-refractivity contribution in [1.82, 2.24) is 0 Å². The quantitative estimate of drug-likeness (QED) is 0.262. The molecule has 4 rings (SSSR count). The van der Waals surface area contributed by atoms with Crippen LogP contribution in [0.15, 0.2) is 36.5 Å². The zero-order valence-corrected chi connectivity index (χ0v) is 26.4. The maximum absolute atomic E-state index is 2.71. The first-order valence-corrected chi connectivity index (χ1v) is 15.4. The minimum absolute atomic E-state index is 0.0755. The predicted molar refractivity (Wildman–Crippen MR) is 160 cm³/mol. The monoisotopic (exact) mass is 502 g/mol. The fourth-order valence-electron chi connectivity index (χ4n) is 9.20. The van der Waals surface area contributed by atoms with Crippen LogP contribution in [0.2, 0.25) is 0 Å². The van der Waals surface area contributed by atoms with Crippen LogP contribution in [0.4, 0.5) is 0 Å². The number of benzene rings is 1. The van der Waals surface area contributed by atoms with Gasteiger partial charge in [-0.05, 0) is 70.2 Å². The van der Waals surface area contributed by atoms with Crippen LogP contribution < -0.4 is 4.57 Å². The molecule has 0 amide bonds. The third-order valence-electron chi connectivity index (χ3n) is 13.2. The van der Waals surface area contributed by atoms with Crippen LogP contribution in [-0.2, 0) is 21.8 Å². The van der Waals surface area contributed by atoms with E-state index in [0.29, 0.717) is 0 Å². The largest absolute Gasteiger partial charge is 0.213 e. The summed E-state index contributed by atoms with van der Waals surface area (Å²) in [4.78, 5) is 0. The second-order valence-corrected chi connectivity index (χ2v) is 14.5. The van der Waals surface area contributed by atoms with Crippen LogP contribution in [0.1, 0.15) is 145 Å². The Morgan fingerprint density at radius 1 is 0.676 bits per heavy atom. The lowest BCUT2D eigenvalue weighted by Gasteiger charge is -2.66. The molecule has 0 spiro atoms. The van der Waals surface area contributed by atoms with E-state index in [4.69, 9.17) is 0 Å². The van der Waals surface area contributed by atoms with Crippen molar-refractivity contribution in [2.75, 3.05) is 0 Å². The van der Waals surface area contributed by atoms with Crippen molar-refractivity contribution in [3.05, 3.63) is 53.2 Å². The minimum Gasteiger partial charge on any atom is -0.192 e. The van der Waals surface area contributed by atoms with Crippen molar-refractivity contribution in [3.8, 4) is 11.3 Å². The predicted octanol–water partition coefficient (Wildman–Crippen LogP) is 10.0. The Bertz CT molecular complexity index is 1160. The van der Waals surface area contributed by atoms with E-state index in [-0.39, 0.29) is 32.6 Å². The summed E-state index contributed by atoms with van der Waals surface area (Å²) in [6.07, 6.45) is 11.0. The Hall–Kier alpha value is -1.63. The van der Waals surface area contributed by atoms with Crippen molar-refractivity contribution >= 4 is 0 Å². The zero-order chi connectivity index (χ0) is 27.7. The standard InChI is InChI=1S/C36H56N/c1-13-17-19-22-35(12)32(7,8)28-24-26-27(25-29(28)31(5,6)33(35,9)10)34(11,14-2)36(15-3,16-4)37-23-20-18-21-30(26)37/h18,20-21,23-25H,13-17,19,22H2,1-12H3/q+1. The fraction of sp³-hybridized carbons (Fsp3) is 0.694. The maximum Gasteiger partial charge on any atom is 0.213 e. The molecule has 2 atom stereocenters. The minimum atomic E-state index is 0.0755. The first-order valence-electron chi connectivity index (χ1n) is 15.4. The second-order valence-electron chi connectivity index (χ2n) is 14.5. The summed E-state index contributed by atoms with van der Waals surface area (Å²) in [7, 11) is 0. The molecule has 2 unspecified atom stereocenters. The van der Waals surface area contributed by atoms with Gasteiger partial charge >= 0.3 is 0 Å². The number of nitrogens with zero attached hydrogens (tertiary/aromatic N) is 1. The summed E-state index contributed by atoms with van der Waals surface area (Å²) < 4.78 is 2.66. The second kappa shape index (κ2) is 8.96. The number of pyridine rings is 1. The van der Waals surface area contributed by atoms with E-state index in [9.17, 15) is 0 Å². The third kappa shape index (κ3) is 3.31. The first-order chi connectivity index (χ1) is 17.2. The molecule has 37 heavy (non-hydrogen) atoms. The number of hydrogen-bond donors (Lipinski definition) is 0. The van der Waals surface area contributed by atoms with Gasteiger partial charge in [0.25, 0.3) is 0 Å². The number of fused-ring (bicyclic) bond motifs is 4. The van der Waals surface area contributed by atoms with Gasteiger partial charge in [-0.1, -0.05) is 101 Å². The van der Waals surface area contributed by atoms with Crippen LogP contribution in [0.3, 0.4) is 0 Å². The van der Waals surface area contributed by atoms with Gasteiger partial charge in [0.05, 0.1) is 11.0 Å². The van der Waals surface area contributed by atoms with E-state index in [0.717, 1.165) is 19.3 Å². The molecule has 1 aliphatic carbocycles. The Morgan fingerprint density at radius 3 is 1.86 bits per heavy atom. The summed E-state index contributed by atoms with van der Waals surface area (Å²) in [5.41, 5.74) is 8.32. The van der Waals surface area contributed by atoms with Crippen LogP contribution >= 0.6 is 0 Å². The smallest absolute Gasteiger partial charge is 0.192 e. The summed E-state index contributed by atoms with van der Waals surface area (Å²) in [5.74, 6) is 0. The summed E-state index contributed by atoms with van der Waals surface area (Å²) in [6, 6.07) is 12.2. The van der Waals surface area contributed by atoms with Gasteiger partial charge in [-0.2, -0.15) is 4.57 Å². The molecular formula is C36H56N+. The number of unbranched alkanes of at least 4 members (excludes halogenated alkanes) is 2. The molecule has 1 aromatic heterocycles. The Labute approximate surface area is 229 Å². The van der Waals surface area contributed by atoms with E-state index < -0.39 is 0 Å². The molecule has 0 bridgehead atoms. The van der Waals surface area contributed by atoms with Gasteiger partial charge in [-0.15, -0.1) is 0 Å². The normalized spacial score (nSPS) is 28.2.